The first-order valence-electron chi connectivity index (χ1n) is 5.52. The molecule has 3 heteroatoms. The second-order valence-electron chi connectivity index (χ2n) is 3.65. The molecule has 0 aliphatic rings. The highest BCUT2D eigenvalue weighted by molar-refractivity contribution is 7.12. The predicted molar refractivity (Wildman–Crippen MR) is 64.9 cm³/mol. The SMILES string of the molecule is CCCC(CC)NCc1ccc(C#N)s1. The van der Waals surface area contributed by atoms with Gasteiger partial charge in [0.05, 0.1) is 0 Å². The number of nitriles is 1. The van der Waals surface area contributed by atoms with E-state index >= 15 is 0 Å². The molecule has 0 saturated heterocycles. The van der Waals surface area contributed by atoms with E-state index in [1.54, 1.807) is 11.3 Å². The lowest BCUT2D eigenvalue weighted by Crippen LogP contribution is -2.27. The highest BCUT2D eigenvalue weighted by atomic mass is 32.1. The van der Waals surface area contributed by atoms with Gasteiger partial charge in [0.1, 0.15) is 10.9 Å². The Morgan fingerprint density at radius 3 is 2.80 bits per heavy atom. The average molecular weight is 222 g/mol. The predicted octanol–water partition coefficient (Wildman–Crippen LogP) is 3.29. The van der Waals surface area contributed by atoms with E-state index in [9.17, 15) is 0 Å². The normalized spacial score (nSPS) is 12.3. The smallest absolute Gasteiger partial charge is 0.110 e. The quantitative estimate of drug-likeness (QED) is 0.801. The van der Waals surface area contributed by atoms with Crippen LogP contribution in [0.2, 0.25) is 0 Å². The molecule has 1 atom stereocenters. The van der Waals surface area contributed by atoms with E-state index in [1.807, 2.05) is 12.1 Å². The van der Waals surface area contributed by atoms with E-state index in [2.05, 4.69) is 25.2 Å². The van der Waals surface area contributed by atoms with Gasteiger partial charge in [-0.25, -0.2) is 0 Å². The van der Waals surface area contributed by atoms with Crippen LogP contribution < -0.4 is 5.32 Å². The molecule has 1 N–H and O–H groups in total. The summed E-state index contributed by atoms with van der Waals surface area (Å²) in [5.74, 6) is 0. The molecule has 0 fully saturated rings. The third-order valence-electron chi connectivity index (χ3n) is 2.47. The first-order valence-corrected chi connectivity index (χ1v) is 6.34. The average Bonchev–Trinajstić information content (AvgIpc) is 2.72. The molecule has 0 aromatic carbocycles. The molecule has 1 rings (SSSR count). The minimum Gasteiger partial charge on any atom is -0.309 e. The van der Waals surface area contributed by atoms with Crippen molar-refractivity contribution in [1.29, 1.82) is 5.26 Å². The lowest BCUT2D eigenvalue weighted by atomic mass is 10.1. The van der Waals surface area contributed by atoms with Crippen molar-refractivity contribution in [1.82, 2.24) is 5.32 Å². The van der Waals surface area contributed by atoms with Crippen LogP contribution in [0.5, 0.6) is 0 Å². The van der Waals surface area contributed by atoms with Crippen LogP contribution in [0.3, 0.4) is 0 Å². The molecule has 15 heavy (non-hydrogen) atoms. The van der Waals surface area contributed by atoms with Gasteiger partial charge in [-0.2, -0.15) is 5.26 Å². The Kier molecular flexibility index (Phi) is 5.38. The minimum absolute atomic E-state index is 0.614. The molecule has 1 aromatic rings. The third-order valence-corrected chi connectivity index (χ3v) is 3.46. The van der Waals surface area contributed by atoms with Crippen LogP contribution in [-0.2, 0) is 6.54 Å². The summed E-state index contributed by atoms with van der Waals surface area (Å²) < 4.78 is 0. The second-order valence-corrected chi connectivity index (χ2v) is 4.82. The van der Waals surface area contributed by atoms with E-state index in [0.29, 0.717) is 6.04 Å². The topological polar surface area (TPSA) is 35.8 Å². The summed E-state index contributed by atoms with van der Waals surface area (Å²) in [4.78, 5) is 2.05. The first kappa shape index (κ1) is 12.2. The van der Waals surface area contributed by atoms with Gasteiger partial charge < -0.3 is 5.32 Å². The maximum atomic E-state index is 8.70. The molecule has 0 bridgehead atoms. The van der Waals surface area contributed by atoms with Crippen molar-refractivity contribution in [3.05, 3.63) is 21.9 Å². The van der Waals surface area contributed by atoms with Gasteiger partial charge in [0, 0.05) is 17.5 Å². The largest absolute Gasteiger partial charge is 0.309 e. The Labute approximate surface area is 95.9 Å². The van der Waals surface area contributed by atoms with Crippen LogP contribution in [0.1, 0.15) is 42.9 Å². The van der Waals surface area contributed by atoms with Crippen molar-refractivity contribution in [3.8, 4) is 6.07 Å². The van der Waals surface area contributed by atoms with Gasteiger partial charge in [-0.15, -0.1) is 11.3 Å². The van der Waals surface area contributed by atoms with Gasteiger partial charge in [0.25, 0.3) is 0 Å². The summed E-state index contributed by atoms with van der Waals surface area (Å²) >= 11 is 1.58. The van der Waals surface area contributed by atoms with Crippen molar-refractivity contribution in [2.45, 2.75) is 45.7 Å². The van der Waals surface area contributed by atoms with Crippen molar-refractivity contribution >= 4 is 11.3 Å². The number of hydrogen-bond acceptors (Lipinski definition) is 3. The minimum atomic E-state index is 0.614. The van der Waals surface area contributed by atoms with Crippen molar-refractivity contribution < 1.29 is 0 Å². The van der Waals surface area contributed by atoms with E-state index in [1.165, 1.54) is 24.1 Å². The molecule has 1 unspecified atom stereocenters. The summed E-state index contributed by atoms with van der Waals surface area (Å²) in [6, 6.07) is 6.71. The number of nitrogens with zero attached hydrogens (tertiary/aromatic N) is 1. The Bertz CT molecular complexity index is 325. The Morgan fingerprint density at radius 2 is 2.27 bits per heavy atom. The second kappa shape index (κ2) is 6.60. The van der Waals surface area contributed by atoms with E-state index in [-0.39, 0.29) is 0 Å². The zero-order valence-electron chi connectivity index (χ0n) is 9.42. The molecule has 0 amide bonds. The number of thiophene rings is 1. The molecule has 0 radical (unpaired) electrons. The first-order chi connectivity index (χ1) is 7.30. The zero-order valence-corrected chi connectivity index (χ0v) is 10.2. The Balaban J connectivity index is 2.38. The van der Waals surface area contributed by atoms with Gasteiger partial charge >= 0.3 is 0 Å². The summed E-state index contributed by atoms with van der Waals surface area (Å²) in [5.41, 5.74) is 0. The fraction of sp³-hybridized carbons (Fsp3) is 0.583. The van der Waals surface area contributed by atoms with Crippen LogP contribution in [-0.4, -0.2) is 6.04 Å². The molecule has 1 heterocycles. The molecule has 0 saturated carbocycles. The van der Waals surface area contributed by atoms with Crippen LogP contribution in [0.25, 0.3) is 0 Å². The van der Waals surface area contributed by atoms with Crippen molar-refractivity contribution in [2.24, 2.45) is 0 Å². The van der Waals surface area contributed by atoms with Crippen LogP contribution >= 0.6 is 11.3 Å². The van der Waals surface area contributed by atoms with Gasteiger partial charge in [-0.05, 0) is 25.0 Å². The highest BCUT2D eigenvalue weighted by Gasteiger charge is 2.05. The summed E-state index contributed by atoms with van der Waals surface area (Å²) in [5, 5.41) is 12.2. The lowest BCUT2D eigenvalue weighted by molar-refractivity contribution is 0.464. The Morgan fingerprint density at radius 1 is 1.47 bits per heavy atom. The van der Waals surface area contributed by atoms with Crippen LogP contribution in [0.4, 0.5) is 0 Å². The van der Waals surface area contributed by atoms with Crippen LogP contribution in [0.15, 0.2) is 12.1 Å². The fourth-order valence-electron chi connectivity index (χ4n) is 1.58. The Hall–Kier alpha value is -0.850. The summed E-state index contributed by atoms with van der Waals surface area (Å²) in [6.45, 7) is 5.32. The molecule has 1 aromatic heterocycles. The van der Waals surface area contributed by atoms with Crippen molar-refractivity contribution in [2.75, 3.05) is 0 Å². The maximum absolute atomic E-state index is 8.70. The molecular weight excluding hydrogens is 204 g/mol. The molecule has 0 aliphatic heterocycles. The van der Waals surface area contributed by atoms with Gasteiger partial charge in [-0.1, -0.05) is 20.3 Å². The zero-order chi connectivity index (χ0) is 11.1. The number of rotatable bonds is 6. The molecule has 0 aliphatic carbocycles. The van der Waals surface area contributed by atoms with E-state index < -0.39 is 0 Å². The van der Waals surface area contributed by atoms with E-state index in [4.69, 9.17) is 5.26 Å². The van der Waals surface area contributed by atoms with Gasteiger partial charge in [0.2, 0.25) is 0 Å². The number of nitrogens with one attached hydrogen (secondary N) is 1. The monoisotopic (exact) mass is 222 g/mol. The van der Waals surface area contributed by atoms with Gasteiger partial charge in [-0.3, -0.25) is 0 Å². The number of hydrogen-bond donors (Lipinski definition) is 1. The van der Waals surface area contributed by atoms with Gasteiger partial charge in [0.15, 0.2) is 0 Å². The lowest BCUT2D eigenvalue weighted by Gasteiger charge is -2.14. The standard InChI is InChI=1S/C12H18N2S/c1-3-5-10(4-2)14-9-12-7-6-11(8-13)15-12/h6-7,10,14H,3-5,9H2,1-2H3. The molecule has 82 valence electrons. The molecule has 2 nitrogen and oxygen atoms in total. The summed E-state index contributed by atoms with van der Waals surface area (Å²) in [7, 11) is 0. The maximum Gasteiger partial charge on any atom is 0.110 e. The van der Waals surface area contributed by atoms with Crippen molar-refractivity contribution in [3.63, 3.8) is 0 Å². The molecule has 0 spiro atoms. The van der Waals surface area contributed by atoms with Crippen LogP contribution in [0, 0.1) is 11.3 Å². The molecular formula is C12H18N2S. The summed E-state index contributed by atoms with van der Waals surface area (Å²) in [6.07, 6.45) is 3.62. The van der Waals surface area contributed by atoms with E-state index in [0.717, 1.165) is 11.4 Å². The third kappa shape index (κ3) is 4.03. The highest BCUT2D eigenvalue weighted by Crippen LogP contribution is 2.15. The fourth-order valence-corrected chi connectivity index (χ4v) is 2.33.